The summed E-state index contributed by atoms with van der Waals surface area (Å²) in [5.74, 6) is -0.962. The summed E-state index contributed by atoms with van der Waals surface area (Å²) < 4.78 is 17.9. The van der Waals surface area contributed by atoms with Crippen molar-refractivity contribution in [2.24, 2.45) is 0 Å². The van der Waals surface area contributed by atoms with Crippen LogP contribution in [0.1, 0.15) is 12.0 Å². The van der Waals surface area contributed by atoms with Gasteiger partial charge >= 0.3 is 0 Å². The first-order valence-electron chi connectivity index (χ1n) is 4.66. The molecule has 4 nitrogen and oxygen atoms in total. The van der Waals surface area contributed by atoms with Gasteiger partial charge in [-0.25, -0.2) is 4.39 Å². The SMILES string of the molecule is COCCC(=O)Nc1cccc(F)c1C#N. The third kappa shape index (κ3) is 3.04. The molecular formula is C11H11FN2O2. The van der Waals surface area contributed by atoms with Gasteiger partial charge in [-0.05, 0) is 12.1 Å². The van der Waals surface area contributed by atoms with Gasteiger partial charge in [-0.15, -0.1) is 0 Å². The van der Waals surface area contributed by atoms with Gasteiger partial charge in [0.05, 0.1) is 18.7 Å². The number of nitrogens with one attached hydrogen (secondary N) is 1. The highest BCUT2D eigenvalue weighted by Crippen LogP contribution is 2.17. The number of nitrogens with zero attached hydrogens (tertiary/aromatic N) is 1. The second-order valence-electron chi connectivity index (χ2n) is 3.07. The Morgan fingerprint density at radius 3 is 3.00 bits per heavy atom. The molecule has 0 saturated carbocycles. The molecule has 0 atom stereocenters. The Kier molecular flexibility index (Phi) is 4.42. The third-order valence-corrected chi connectivity index (χ3v) is 1.93. The Morgan fingerprint density at radius 2 is 2.38 bits per heavy atom. The molecule has 1 N–H and O–H groups in total. The summed E-state index contributed by atoms with van der Waals surface area (Å²) in [5, 5.41) is 11.2. The molecule has 0 bridgehead atoms. The molecule has 1 aromatic carbocycles. The number of anilines is 1. The highest BCUT2D eigenvalue weighted by atomic mass is 19.1. The van der Waals surface area contributed by atoms with Crippen LogP contribution in [0.15, 0.2) is 18.2 Å². The number of carbonyl (C=O) groups is 1. The van der Waals surface area contributed by atoms with Crippen LogP contribution in [0.2, 0.25) is 0 Å². The Labute approximate surface area is 92.6 Å². The molecule has 0 saturated heterocycles. The molecule has 1 amide bonds. The third-order valence-electron chi connectivity index (χ3n) is 1.93. The quantitative estimate of drug-likeness (QED) is 0.842. The van der Waals surface area contributed by atoms with Crippen LogP contribution >= 0.6 is 0 Å². The van der Waals surface area contributed by atoms with Gasteiger partial charge in [0, 0.05) is 7.11 Å². The summed E-state index contributed by atoms with van der Waals surface area (Å²) in [5.41, 5.74) is 0.0249. The summed E-state index contributed by atoms with van der Waals surface area (Å²) in [6.45, 7) is 0.281. The Morgan fingerprint density at radius 1 is 1.62 bits per heavy atom. The number of nitriles is 1. The van der Waals surface area contributed by atoms with Gasteiger partial charge in [0.1, 0.15) is 17.4 Å². The highest BCUT2D eigenvalue weighted by Gasteiger charge is 2.10. The zero-order valence-corrected chi connectivity index (χ0v) is 8.79. The van der Waals surface area contributed by atoms with E-state index in [0.29, 0.717) is 0 Å². The molecule has 0 unspecified atom stereocenters. The van der Waals surface area contributed by atoms with Crippen molar-refractivity contribution >= 4 is 11.6 Å². The van der Waals surface area contributed by atoms with Gasteiger partial charge in [0.15, 0.2) is 0 Å². The second kappa shape index (κ2) is 5.83. The first kappa shape index (κ1) is 12.1. The average Bonchev–Trinajstić information content (AvgIpc) is 2.27. The largest absolute Gasteiger partial charge is 0.384 e. The van der Waals surface area contributed by atoms with Gasteiger partial charge in [-0.2, -0.15) is 5.26 Å². The first-order valence-corrected chi connectivity index (χ1v) is 4.66. The standard InChI is InChI=1S/C11H11FN2O2/c1-16-6-5-11(15)14-10-4-2-3-9(12)8(10)7-13/h2-4H,5-6H2,1H3,(H,14,15). The van der Waals surface area contributed by atoms with E-state index in [4.69, 9.17) is 10.00 Å². The van der Waals surface area contributed by atoms with Crippen LogP contribution in [0, 0.1) is 17.1 Å². The summed E-state index contributed by atoms with van der Waals surface area (Å²) in [7, 11) is 1.48. The number of halogens is 1. The molecule has 5 heteroatoms. The fraction of sp³-hybridized carbons (Fsp3) is 0.273. The smallest absolute Gasteiger partial charge is 0.226 e. The maximum absolute atomic E-state index is 13.2. The van der Waals surface area contributed by atoms with Gasteiger partial charge in [0.25, 0.3) is 0 Å². The molecule has 0 aliphatic heterocycles. The molecule has 0 heterocycles. The van der Waals surface area contributed by atoms with Crippen LogP contribution in [-0.2, 0) is 9.53 Å². The van der Waals surface area contributed by atoms with Crippen LogP contribution in [0.3, 0.4) is 0 Å². The summed E-state index contributed by atoms with van der Waals surface area (Å²) in [4.78, 5) is 11.3. The van der Waals surface area contributed by atoms with Crippen LogP contribution in [0.4, 0.5) is 10.1 Å². The van der Waals surface area contributed by atoms with Gasteiger partial charge in [-0.1, -0.05) is 6.07 Å². The fourth-order valence-electron chi connectivity index (χ4n) is 1.15. The Balaban J connectivity index is 2.78. The van der Waals surface area contributed by atoms with Crippen LogP contribution < -0.4 is 5.32 Å². The summed E-state index contributed by atoms with van der Waals surface area (Å²) in [6, 6.07) is 5.79. The van der Waals surface area contributed by atoms with Crippen molar-refractivity contribution in [2.45, 2.75) is 6.42 Å². The van der Waals surface area contributed by atoms with E-state index in [9.17, 15) is 9.18 Å². The molecule has 0 spiro atoms. The van der Waals surface area contributed by atoms with E-state index >= 15 is 0 Å². The van der Waals surface area contributed by atoms with Crippen LogP contribution in [0.25, 0.3) is 0 Å². The van der Waals surface area contributed by atoms with Crippen molar-refractivity contribution in [3.63, 3.8) is 0 Å². The number of amides is 1. The van der Waals surface area contributed by atoms with E-state index in [-0.39, 0.29) is 30.2 Å². The van der Waals surface area contributed by atoms with Crippen molar-refractivity contribution < 1.29 is 13.9 Å². The maximum atomic E-state index is 13.2. The van der Waals surface area contributed by atoms with Crippen molar-refractivity contribution in [3.8, 4) is 6.07 Å². The normalized spacial score (nSPS) is 9.56. The van der Waals surface area contributed by atoms with E-state index in [2.05, 4.69) is 5.32 Å². The minimum absolute atomic E-state index is 0.159. The number of methoxy groups -OCH3 is 1. The van der Waals surface area contributed by atoms with E-state index in [0.717, 1.165) is 0 Å². The Hall–Kier alpha value is -1.93. The van der Waals surface area contributed by atoms with Gasteiger partial charge in [0.2, 0.25) is 5.91 Å². The van der Waals surface area contributed by atoms with E-state index < -0.39 is 5.82 Å². The number of rotatable bonds is 4. The van der Waals surface area contributed by atoms with E-state index in [1.54, 1.807) is 6.07 Å². The molecule has 16 heavy (non-hydrogen) atoms. The molecule has 84 valence electrons. The topological polar surface area (TPSA) is 62.1 Å². The van der Waals surface area contributed by atoms with Gasteiger partial charge < -0.3 is 10.1 Å². The lowest BCUT2D eigenvalue weighted by molar-refractivity contribution is -0.117. The summed E-state index contributed by atoms with van der Waals surface area (Å²) >= 11 is 0. The molecule has 1 aromatic rings. The van der Waals surface area contributed by atoms with Crippen molar-refractivity contribution in [1.82, 2.24) is 0 Å². The predicted molar refractivity (Wildman–Crippen MR) is 56.2 cm³/mol. The highest BCUT2D eigenvalue weighted by molar-refractivity contribution is 5.92. The molecular weight excluding hydrogens is 211 g/mol. The number of carbonyl (C=O) groups excluding carboxylic acids is 1. The van der Waals surface area contributed by atoms with Crippen molar-refractivity contribution in [2.75, 3.05) is 19.0 Å². The number of ether oxygens (including phenoxy) is 1. The monoisotopic (exact) mass is 222 g/mol. The van der Waals surface area contributed by atoms with Crippen LogP contribution in [-0.4, -0.2) is 19.6 Å². The van der Waals surface area contributed by atoms with Crippen molar-refractivity contribution in [3.05, 3.63) is 29.6 Å². The van der Waals surface area contributed by atoms with E-state index in [1.165, 1.54) is 25.3 Å². The number of hydrogen-bond acceptors (Lipinski definition) is 3. The van der Waals surface area contributed by atoms with Gasteiger partial charge in [-0.3, -0.25) is 4.79 Å². The van der Waals surface area contributed by atoms with E-state index in [1.807, 2.05) is 0 Å². The van der Waals surface area contributed by atoms with Crippen molar-refractivity contribution in [1.29, 1.82) is 5.26 Å². The lowest BCUT2D eigenvalue weighted by Crippen LogP contribution is -2.14. The molecule has 0 fully saturated rings. The minimum atomic E-state index is -0.646. The minimum Gasteiger partial charge on any atom is -0.384 e. The predicted octanol–water partition coefficient (Wildman–Crippen LogP) is 1.67. The zero-order chi connectivity index (χ0) is 12.0. The lowest BCUT2D eigenvalue weighted by atomic mass is 10.2. The number of benzene rings is 1. The molecule has 0 aliphatic rings. The molecule has 1 rings (SSSR count). The lowest BCUT2D eigenvalue weighted by Gasteiger charge is -2.06. The zero-order valence-electron chi connectivity index (χ0n) is 8.79. The first-order chi connectivity index (χ1) is 7.69. The fourth-order valence-corrected chi connectivity index (χ4v) is 1.15. The molecule has 0 radical (unpaired) electrons. The maximum Gasteiger partial charge on any atom is 0.226 e. The number of hydrogen-bond donors (Lipinski definition) is 1. The van der Waals surface area contributed by atoms with Crippen LogP contribution in [0.5, 0.6) is 0 Å². The molecule has 0 aromatic heterocycles. The average molecular weight is 222 g/mol. The Bertz CT molecular complexity index is 426. The summed E-state index contributed by atoms with van der Waals surface area (Å²) in [6.07, 6.45) is 0.165. The second-order valence-corrected chi connectivity index (χ2v) is 3.07. The molecule has 0 aliphatic carbocycles.